The number of imidazole rings is 1. The molecule has 1 atom stereocenters. The molecule has 0 spiro atoms. The van der Waals surface area contributed by atoms with Crippen LogP contribution in [-0.4, -0.2) is 22.5 Å². The van der Waals surface area contributed by atoms with Gasteiger partial charge < -0.3 is 9.72 Å². The second kappa shape index (κ2) is 4.15. The summed E-state index contributed by atoms with van der Waals surface area (Å²) in [6.07, 6.45) is 4.75. The van der Waals surface area contributed by atoms with E-state index in [1.165, 1.54) is 30.5 Å². The molecule has 1 aliphatic rings. The molecule has 0 amide bonds. The van der Waals surface area contributed by atoms with Crippen molar-refractivity contribution in [1.29, 1.82) is 0 Å². The number of aromatic nitrogens is 2. The van der Waals surface area contributed by atoms with Crippen LogP contribution in [0.15, 0.2) is 18.3 Å². The van der Waals surface area contributed by atoms with Crippen LogP contribution in [0.4, 0.5) is 0 Å². The number of piperidine rings is 1. The first-order valence-corrected chi connectivity index (χ1v) is 6.41. The molecule has 0 aliphatic carbocycles. The number of hydrogen-bond acceptors (Lipinski definition) is 2. The smallest absolute Gasteiger partial charge is 0.110 e. The van der Waals surface area contributed by atoms with E-state index in [4.69, 9.17) is 0 Å². The van der Waals surface area contributed by atoms with Crippen molar-refractivity contribution >= 4 is 5.52 Å². The van der Waals surface area contributed by atoms with Crippen LogP contribution in [-0.2, 0) is 0 Å². The van der Waals surface area contributed by atoms with Crippen LogP contribution >= 0.6 is 0 Å². The van der Waals surface area contributed by atoms with Gasteiger partial charge in [0.25, 0.3) is 0 Å². The molecule has 3 rings (SSSR count). The van der Waals surface area contributed by atoms with Crippen LogP contribution in [0.5, 0.6) is 0 Å². The molecule has 3 nitrogen and oxygen atoms in total. The van der Waals surface area contributed by atoms with Crippen molar-refractivity contribution in [3.63, 3.8) is 0 Å². The molecule has 1 unspecified atom stereocenters. The molecule has 17 heavy (non-hydrogen) atoms. The molecule has 2 aromatic rings. The van der Waals surface area contributed by atoms with E-state index in [0.717, 1.165) is 18.1 Å². The molecule has 3 heteroatoms. The highest BCUT2D eigenvalue weighted by Gasteiger charge is 2.16. The number of fused-ring (bicyclic) bond motifs is 1. The van der Waals surface area contributed by atoms with Gasteiger partial charge in [-0.3, -0.25) is 0 Å². The number of nitrogens with zero attached hydrogens (tertiary/aromatic N) is 2. The van der Waals surface area contributed by atoms with Gasteiger partial charge in [-0.2, -0.15) is 0 Å². The van der Waals surface area contributed by atoms with E-state index in [2.05, 4.69) is 46.9 Å². The lowest BCUT2D eigenvalue weighted by Gasteiger charge is -2.23. The molecule has 90 valence electrons. The Morgan fingerprint density at radius 3 is 3.06 bits per heavy atom. The number of rotatable bonds is 1. The summed E-state index contributed by atoms with van der Waals surface area (Å²) in [4.78, 5) is 4.52. The maximum atomic E-state index is 4.52. The number of nitrogens with one attached hydrogen (secondary N) is 1. The molecule has 0 saturated carbocycles. The Labute approximate surface area is 102 Å². The lowest BCUT2D eigenvalue weighted by molar-refractivity contribution is 0.461. The summed E-state index contributed by atoms with van der Waals surface area (Å²) in [5.41, 5.74) is 3.84. The standard InChI is InChI=1S/C14H19N3/c1-10-14-8-12(13-4-3-6-15-9-13)5-7-17(14)11(2)16-10/h5,7-8,13,15H,3-4,6,9H2,1-2H3. The molecule has 0 aromatic carbocycles. The van der Waals surface area contributed by atoms with E-state index in [1.807, 2.05) is 0 Å². The Hall–Kier alpha value is -1.35. The summed E-state index contributed by atoms with van der Waals surface area (Å²) in [7, 11) is 0. The molecule has 1 fully saturated rings. The summed E-state index contributed by atoms with van der Waals surface area (Å²) in [5, 5.41) is 3.48. The van der Waals surface area contributed by atoms with E-state index in [0.29, 0.717) is 5.92 Å². The van der Waals surface area contributed by atoms with Crippen LogP contribution in [0.1, 0.15) is 35.8 Å². The van der Waals surface area contributed by atoms with Crippen molar-refractivity contribution in [3.05, 3.63) is 35.4 Å². The van der Waals surface area contributed by atoms with Crippen molar-refractivity contribution in [2.24, 2.45) is 0 Å². The van der Waals surface area contributed by atoms with E-state index in [9.17, 15) is 0 Å². The normalized spacial score (nSPS) is 20.9. The molecule has 0 bridgehead atoms. The van der Waals surface area contributed by atoms with Gasteiger partial charge in [0.2, 0.25) is 0 Å². The van der Waals surface area contributed by atoms with Crippen LogP contribution in [0.25, 0.3) is 5.52 Å². The van der Waals surface area contributed by atoms with Crippen molar-refractivity contribution in [2.75, 3.05) is 13.1 Å². The van der Waals surface area contributed by atoms with Crippen molar-refractivity contribution in [1.82, 2.24) is 14.7 Å². The second-order valence-corrected chi connectivity index (χ2v) is 5.00. The summed E-state index contributed by atoms with van der Waals surface area (Å²) >= 11 is 0. The predicted octanol–water partition coefficient (Wildman–Crippen LogP) is 2.42. The lowest BCUT2D eigenvalue weighted by atomic mass is 9.92. The number of hydrogen-bond donors (Lipinski definition) is 1. The molecule has 1 saturated heterocycles. The maximum Gasteiger partial charge on any atom is 0.110 e. The van der Waals surface area contributed by atoms with Gasteiger partial charge in [0.05, 0.1) is 11.2 Å². The highest BCUT2D eigenvalue weighted by Crippen LogP contribution is 2.25. The van der Waals surface area contributed by atoms with Gasteiger partial charge in [0, 0.05) is 12.7 Å². The Bertz CT molecular complexity index is 536. The van der Waals surface area contributed by atoms with Crippen LogP contribution in [0.2, 0.25) is 0 Å². The Balaban J connectivity index is 2.03. The minimum absolute atomic E-state index is 0.670. The van der Waals surface area contributed by atoms with Gasteiger partial charge in [0.15, 0.2) is 0 Å². The Kier molecular flexibility index (Phi) is 2.63. The first kappa shape index (κ1) is 10.8. The molecular weight excluding hydrogens is 210 g/mol. The third kappa shape index (κ3) is 1.84. The van der Waals surface area contributed by atoms with Crippen LogP contribution in [0.3, 0.4) is 0 Å². The van der Waals surface area contributed by atoms with Gasteiger partial charge >= 0.3 is 0 Å². The first-order chi connectivity index (χ1) is 8.25. The maximum absolute atomic E-state index is 4.52. The molecule has 0 radical (unpaired) electrons. The van der Waals surface area contributed by atoms with Crippen molar-refractivity contribution in [2.45, 2.75) is 32.6 Å². The molecule has 1 aliphatic heterocycles. The third-order valence-corrected chi connectivity index (χ3v) is 3.80. The lowest BCUT2D eigenvalue weighted by Crippen LogP contribution is -2.28. The highest BCUT2D eigenvalue weighted by atomic mass is 15.0. The number of aryl methyl sites for hydroxylation is 2. The zero-order valence-corrected chi connectivity index (χ0v) is 10.5. The van der Waals surface area contributed by atoms with Gasteiger partial charge in [-0.05, 0) is 56.8 Å². The fraction of sp³-hybridized carbons (Fsp3) is 0.500. The average Bonchev–Trinajstić information content (AvgIpc) is 2.66. The van der Waals surface area contributed by atoms with E-state index < -0.39 is 0 Å². The second-order valence-electron chi connectivity index (χ2n) is 5.00. The quantitative estimate of drug-likeness (QED) is 0.813. The van der Waals surface area contributed by atoms with Gasteiger partial charge in [0.1, 0.15) is 5.82 Å². The average molecular weight is 229 g/mol. The van der Waals surface area contributed by atoms with Crippen LogP contribution < -0.4 is 5.32 Å². The largest absolute Gasteiger partial charge is 0.316 e. The summed E-state index contributed by atoms with van der Waals surface area (Å²) in [5.74, 6) is 1.74. The summed E-state index contributed by atoms with van der Waals surface area (Å²) in [6.45, 7) is 6.43. The van der Waals surface area contributed by atoms with E-state index in [1.54, 1.807) is 0 Å². The van der Waals surface area contributed by atoms with Crippen molar-refractivity contribution in [3.8, 4) is 0 Å². The molecular formula is C14H19N3. The Morgan fingerprint density at radius 1 is 1.41 bits per heavy atom. The minimum Gasteiger partial charge on any atom is -0.316 e. The monoisotopic (exact) mass is 229 g/mol. The topological polar surface area (TPSA) is 29.3 Å². The van der Waals surface area contributed by atoms with Gasteiger partial charge in [-0.1, -0.05) is 0 Å². The number of pyridine rings is 1. The zero-order chi connectivity index (χ0) is 11.8. The molecule has 1 N–H and O–H groups in total. The van der Waals surface area contributed by atoms with Crippen molar-refractivity contribution < 1.29 is 0 Å². The summed E-state index contributed by atoms with van der Waals surface area (Å²) in [6, 6.07) is 4.56. The fourth-order valence-electron chi connectivity index (χ4n) is 2.82. The first-order valence-electron chi connectivity index (χ1n) is 6.41. The fourth-order valence-corrected chi connectivity index (χ4v) is 2.82. The summed E-state index contributed by atoms with van der Waals surface area (Å²) < 4.78 is 2.18. The predicted molar refractivity (Wildman–Crippen MR) is 69.5 cm³/mol. The van der Waals surface area contributed by atoms with Crippen LogP contribution in [0, 0.1) is 13.8 Å². The SMILES string of the molecule is Cc1nc(C)n2ccc(C3CCCNC3)cc12. The Morgan fingerprint density at radius 2 is 2.29 bits per heavy atom. The minimum atomic E-state index is 0.670. The van der Waals surface area contributed by atoms with Gasteiger partial charge in [-0.25, -0.2) is 4.98 Å². The van der Waals surface area contributed by atoms with E-state index >= 15 is 0 Å². The third-order valence-electron chi connectivity index (χ3n) is 3.80. The highest BCUT2D eigenvalue weighted by molar-refractivity contribution is 5.55. The molecule has 3 heterocycles. The zero-order valence-electron chi connectivity index (χ0n) is 10.5. The van der Waals surface area contributed by atoms with E-state index in [-0.39, 0.29) is 0 Å². The van der Waals surface area contributed by atoms with Gasteiger partial charge in [-0.15, -0.1) is 0 Å². The molecule has 2 aromatic heterocycles.